The summed E-state index contributed by atoms with van der Waals surface area (Å²) in [6.45, 7) is 2.38. The van der Waals surface area contributed by atoms with Crippen LogP contribution in [0.3, 0.4) is 0 Å². The first-order valence-corrected chi connectivity index (χ1v) is 8.80. The Balaban J connectivity index is 1.44. The molecular weight excluding hydrogens is 403 g/mol. The van der Waals surface area contributed by atoms with Gasteiger partial charge < -0.3 is 20.7 Å². The molecular formula is C18H18F3N7O2. The summed E-state index contributed by atoms with van der Waals surface area (Å²) < 4.78 is 42.7. The number of amides is 2. The lowest BCUT2D eigenvalue weighted by Crippen LogP contribution is -2.33. The highest BCUT2D eigenvalue weighted by Crippen LogP contribution is 2.29. The lowest BCUT2D eigenvalue weighted by Gasteiger charge is -2.14. The predicted octanol–water partition coefficient (Wildman–Crippen LogP) is 3.10. The average molecular weight is 421 g/mol. The fourth-order valence-corrected chi connectivity index (χ4v) is 2.40. The van der Waals surface area contributed by atoms with E-state index in [1.165, 1.54) is 18.2 Å². The van der Waals surface area contributed by atoms with Gasteiger partial charge in [-0.2, -0.15) is 5.10 Å². The van der Waals surface area contributed by atoms with Crippen molar-refractivity contribution in [2.75, 3.05) is 23.7 Å². The van der Waals surface area contributed by atoms with Gasteiger partial charge in [-0.25, -0.2) is 9.48 Å². The van der Waals surface area contributed by atoms with Gasteiger partial charge in [0, 0.05) is 19.3 Å². The highest BCUT2D eigenvalue weighted by atomic mass is 19.4. The number of aryl methyl sites for hydroxylation is 1. The molecule has 9 nitrogen and oxygen atoms in total. The summed E-state index contributed by atoms with van der Waals surface area (Å²) in [4.78, 5) is 11.9. The third-order valence-corrected chi connectivity index (χ3v) is 3.69. The molecule has 2 aromatic heterocycles. The average Bonchev–Trinajstić information content (AvgIpc) is 3.12. The van der Waals surface area contributed by atoms with Crippen molar-refractivity contribution in [1.29, 1.82) is 0 Å². The molecule has 0 spiro atoms. The lowest BCUT2D eigenvalue weighted by molar-refractivity contribution is -0.274. The number of nitrogens with zero attached hydrogens (tertiary/aromatic N) is 4. The Labute approximate surface area is 169 Å². The van der Waals surface area contributed by atoms with Crippen LogP contribution in [0.2, 0.25) is 0 Å². The van der Waals surface area contributed by atoms with Crippen LogP contribution in [0.5, 0.6) is 5.75 Å². The van der Waals surface area contributed by atoms with E-state index in [1.54, 1.807) is 23.0 Å². The predicted molar refractivity (Wildman–Crippen MR) is 103 cm³/mol. The molecule has 3 rings (SSSR count). The number of hydrogen-bond acceptors (Lipinski definition) is 6. The van der Waals surface area contributed by atoms with Gasteiger partial charge >= 0.3 is 12.4 Å². The van der Waals surface area contributed by atoms with Crippen molar-refractivity contribution < 1.29 is 22.7 Å². The van der Waals surface area contributed by atoms with E-state index in [0.29, 0.717) is 18.2 Å². The molecule has 0 radical (unpaired) electrons. The van der Waals surface area contributed by atoms with E-state index in [0.717, 1.165) is 11.8 Å². The van der Waals surface area contributed by atoms with Gasteiger partial charge in [-0.05, 0) is 37.3 Å². The molecule has 0 unspecified atom stereocenters. The number of aromatic nitrogens is 4. The molecule has 0 fully saturated rings. The Morgan fingerprint density at radius 3 is 2.57 bits per heavy atom. The standard InChI is InChI=1S/C18H18F3N7O2/c1-12-8-11-28(27-12)16-7-6-15(25-26-16)22-9-10-23-17(29)24-13-4-2-3-5-14(13)30-18(19,20)21/h2-8,11H,9-10H2,1H3,(H,22,25)(H2,23,24,29). The number of benzene rings is 1. The van der Waals surface area contributed by atoms with Crippen LogP contribution in [0.1, 0.15) is 5.69 Å². The van der Waals surface area contributed by atoms with Crippen molar-refractivity contribution in [3.63, 3.8) is 0 Å². The molecule has 0 aliphatic carbocycles. The number of carbonyl (C=O) groups is 1. The maximum atomic E-state index is 12.4. The summed E-state index contributed by atoms with van der Waals surface area (Å²) in [7, 11) is 0. The number of rotatable bonds is 7. The molecule has 2 heterocycles. The van der Waals surface area contributed by atoms with Crippen LogP contribution in [0, 0.1) is 6.92 Å². The SMILES string of the molecule is Cc1ccn(-c2ccc(NCCNC(=O)Nc3ccccc3OC(F)(F)F)nn2)n1. The second kappa shape index (κ2) is 9.11. The monoisotopic (exact) mass is 421 g/mol. The molecule has 30 heavy (non-hydrogen) atoms. The number of para-hydroxylation sites is 2. The van der Waals surface area contributed by atoms with Gasteiger partial charge in [-0.15, -0.1) is 23.4 Å². The number of alkyl halides is 3. The van der Waals surface area contributed by atoms with Crippen molar-refractivity contribution in [3.8, 4) is 11.6 Å². The second-order valence-corrected chi connectivity index (χ2v) is 6.03. The quantitative estimate of drug-likeness (QED) is 0.506. The first kappa shape index (κ1) is 20.9. The van der Waals surface area contributed by atoms with Gasteiger partial charge in [0.2, 0.25) is 0 Å². The second-order valence-electron chi connectivity index (χ2n) is 6.03. The summed E-state index contributed by atoms with van der Waals surface area (Å²) in [5.41, 5.74) is 0.756. The van der Waals surface area contributed by atoms with E-state index in [2.05, 4.69) is 36.0 Å². The molecule has 158 valence electrons. The fraction of sp³-hybridized carbons (Fsp3) is 0.222. The zero-order chi connectivity index (χ0) is 21.6. The van der Waals surface area contributed by atoms with Gasteiger partial charge in [0.15, 0.2) is 11.6 Å². The van der Waals surface area contributed by atoms with Crippen LogP contribution >= 0.6 is 0 Å². The van der Waals surface area contributed by atoms with E-state index >= 15 is 0 Å². The van der Waals surface area contributed by atoms with Gasteiger partial charge in [-0.3, -0.25) is 0 Å². The highest BCUT2D eigenvalue weighted by molar-refractivity contribution is 5.90. The number of hydrogen-bond donors (Lipinski definition) is 3. The number of urea groups is 1. The Hall–Kier alpha value is -3.83. The van der Waals surface area contributed by atoms with Gasteiger partial charge in [0.25, 0.3) is 0 Å². The van der Waals surface area contributed by atoms with Gasteiger partial charge in [0.1, 0.15) is 5.82 Å². The van der Waals surface area contributed by atoms with Gasteiger partial charge in [-0.1, -0.05) is 12.1 Å². The van der Waals surface area contributed by atoms with Crippen LogP contribution in [-0.2, 0) is 0 Å². The minimum absolute atomic E-state index is 0.101. The lowest BCUT2D eigenvalue weighted by atomic mass is 10.3. The molecule has 12 heteroatoms. The molecule has 0 saturated carbocycles. The smallest absolute Gasteiger partial charge is 0.404 e. The van der Waals surface area contributed by atoms with E-state index in [4.69, 9.17) is 0 Å². The zero-order valence-electron chi connectivity index (χ0n) is 15.8. The summed E-state index contributed by atoms with van der Waals surface area (Å²) in [6, 6.07) is 9.88. The summed E-state index contributed by atoms with van der Waals surface area (Å²) in [5.74, 6) is 0.556. The number of carbonyl (C=O) groups excluding carboxylic acids is 1. The van der Waals surface area contributed by atoms with Crippen LogP contribution in [0.25, 0.3) is 5.82 Å². The van der Waals surface area contributed by atoms with Crippen molar-refractivity contribution >= 4 is 17.5 Å². The van der Waals surface area contributed by atoms with Crippen molar-refractivity contribution in [1.82, 2.24) is 25.3 Å². The van der Waals surface area contributed by atoms with Crippen molar-refractivity contribution in [3.05, 3.63) is 54.4 Å². The Morgan fingerprint density at radius 1 is 1.10 bits per heavy atom. The van der Waals surface area contributed by atoms with E-state index in [-0.39, 0.29) is 12.2 Å². The third-order valence-electron chi connectivity index (χ3n) is 3.69. The number of nitrogens with one attached hydrogen (secondary N) is 3. The molecule has 0 aliphatic rings. The zero-order valence-corrected chi connectivity index (χ0v) is 15.8. The van der Waals surface area contributed by atoms with Crippen LogP contribution in [-0.4, -0.2) is 45.5 Å². The molecule has 3 N–H and O–H groups in total. The number of ether oxygens (including phenoxy) is 1. The van der Waals surface area contributed by atoms with Crippen molar-refractivity contribution in [2.45, 2.75) is 13.3 Å². The summed E-state index contributed by atoms with van der Waals surface area (Å²) >= 11 is 0. The van der Waals surface area contributed by atoms with Crippen LogP contribution in [0.4, 0.5) is 29.5 Å². The Morgan fingerprint density at radius 2 is 1.90 bits per heavy atom. The maximum absolute atomic E-state index is 12.4. The Bertz CT molecular complexity index is 990. The van der Waals surface area contributed by atoms with E-state index in [1.807, 2.05) is 13.0 Å². The molecule has 0 aliphatic heterocycles. The topological polar surface area (TPSA) is 106 Å². The molecule has 0 saturated heterocycles. The fourth-order valence-electron chi connectivity index (χ4n) is 2.40. The minimum atomic E-state index is -4.86. The molecule has 0 bridgehead atoms. The summed E-state index contributed by atoms with van der Waals surface area (Å²) in [5, 5.41) is 20.1. The van der Waals surface area contributed by atoms with Crippen LogP contribution < -0.4 is 20.7 Å². The van der Waals surface area contributed by atoms with Gasteiger partial charge in [0.05, 0.1) is 11.4 Å². The largest absolute Gasteiger partial charge is 0.573 e. The minimum Gasteiger partial charge on any atom is -0.404 e. The molecule has 3 aromatic rings. The van der Waals surface area contributed by atoms with Crippen molar-refractivity contribution in [2.24, 2.45) is 0 Å². The van der Waals surface area contributed by atoms with E-state index < -0.39 is 18.1 Å². The summed E-state index contributed by atoms with van der Waals surface area (Å²) in [6.07, 6.45) is -3.09. The number of halogens is 3. The third kappa shape index (κ3) is 6.09. The molecule has 0 atom stereocenters. The maximum Gasteiger partial charge on any atom is 0.573 e. The first-order valence-electron chi connectivity index (χ1n) is 8.80. The van der Waals surface area contributed by atoms with Crippen LogP contribution in [0.15, 0.2) is 48.7 Å². The normalized spacial score (nSPS) is 11.1. The molecule has 1 aromatic carbocycles. The highest BCUT2D eigenvalue weighted by Gasteiger charge is 2.32. The molecule has 2 amide bonds. The first-order chi connectivity index (χ1) is 14.3. The number of anilines is 2. The van der Waals surface area contributed by atoms with E-state index in [9.17, 15) is 18.0 Å². The Kier molecular flexibility index (Phi) is 6.35.